The third-order valence-corrected chi connectivity index (χ3v) is 3.83. The number of morpholine rings is 1. The molecular weight excluding hydrogens is 283 g/mol. The Bertz CT molecular complexity index is 464. The van der Waals surface area contributed by atoms with E-state index in [9.17, 15) is 18.3 Å². The Morgan fingerprint density at radius 3 is 2.86 bits per heavy atom. The van der Waals surface area contributed by atoms with Gasteiger partial charge in [-0.05, 0) is 24.1 Å². The molecule has 1 saturated heterocycles. The lowest BCUT2D eigenvalue weighted by Gasteiger charge is -2.36. The summed E-state index contributed by atoms with van der Waals surface area (Å²) in [5.41, 5.74) is -0.431. The van der Waals surface area contributed by atoms with Gasteiger partial charge in [-0.1, -0.05) is 19.1 Å². The van der Waals surface area contributed by atoms with E-state index in [4.69, 9.17) is 4.74 Å². The average molecular weight is 303 g/mol. The first-order valence-electron chi connectivity index (χ1n) is 7.09. The third kappa shape index (κ3) is 4.18. The van der Waals surface area contributed by atoms with Crippen molar-refractivity contribution < 1.29 is 23.0 Å². The molecule has 3 nitrogen and oxygen atoms in total. The molecule has 0 saturated carbocycles. The van der Waals surface area contributed by atoms with Crippen molar-refractivity contribution in [2.75, 3.05) is 26.3 Å². The minimum Gasteiger partial charge on any atom is -0.387 e. The summed E-state index contributed by atoms with van der Waals surface area (Å²) < 4.78 is 43.5. The molecule has 118 valence electrons. The molecule has 21 heavy (non-hydrogen) atoms. The fourth-order valence-electron chi connectivity index (χ4n) is 2.56. The molecule has 0 bridgehead atoms. The summed E-state index contributed by atoms with van der Waals surface area (Å²) in [4.78, 5) is 2.08. The number of nitrogens with zero attached hydrogens (tertiary/aromatic N) is 1. The lowest BCUT2D eigenvalue weighted by atomic mass is 10.0. The van der Waals surface area contributed by atoms with Gasteiger partial charge in [0.1, 0.15) is 0 Å². The molecule has 1 aromatic carbocycles. The van der Waals surface area contributed by atoms with Crippen molar-refractivity contribution >= 4 is 0 Å². The first-order valence-corrected chi connectivity index (χ1v) is 7.09. The number of aliphatic hydroxyl groups excluding tert-OH is 1. The number of aliphatic hydroxyl groups is 1. The fraction of sp³-hybridized carbons (Fsp3) is 0.600. The first kappa shape index (κ1) is 16.3. The van der Waals surface area contributed by atoms with Gasteiger partial charge < -0.3 is 9.84 Å². The summed E-state index contributed by atoms with van der Waals surface area (Å²) in [6, 6.07) is 5.10. The maximum atomic E-state index is 12.7. The molecule has 1 aliphatic rings. The Morgan fingerprint density at radius 1 is 1.43 bits per heavy atom. The minimum atomic E-state index is -4.39. The topological polar surface area (TPSA) is 32.7 Å². The highest BCUT2D eigenvalue weighted by molar-refractivity contribution is 5.27. The van der Waals surface area contributed by atoms with E-state index in [2.05, 4.69) is 4.90 Å². The highest BCUT2D eigenvalue weighted by Gasteiger charge is 2.31. The molecule has 2 rings (SSSR count). The largest absolute Gasteiger partial charge is 0.416 e. The monoisotopic (exact) mass is 303 g/mol. The Labute approximate surface area is 122 Å². The molecule has 0 aliphatic carbocycles. The van der Waals surface area contributed by atoms with Crippen LogP contribution in [0.3, 0.4) is 0 Å². The quantitative estimate of drug-likeness (QED) is 0.928. The molecule has 0 amide bonds. The van der Waals surface area contributed by atoms with Crippen molar-refractivity contribution in [3.8, 4) is 0 Å². The Kier molecular flexibility index (Phi) is 5.24. The van der Waals surface area contributed by atoms with Gasteiger partial charge >= 0.3 is 6.18 Å². The number of rotatable bonds is 4. The minimum absolute atomic E-state index is 0.208. The van der Waals surface area contributed by atoms with Gasteiger partial charge in [-0.2, -0.15) is 13.2 Å². The molecule has 0 aromatic heterocycles. The molecular formula is C15H20F3NO2. The van der Waals surface area contributed by atoms with Gasteiger partial charge in [0.05, 0.1) is 24.9 Å². The number of halogens is 3. The molecule has 1 fully saturated rings. The molecule has 2 unspecified atom stereocenters. The van der Waals surface area contributed by atoms with Crippen LogP contribution in [0.1, 0.15) is 30.6 Å². The van der Waals surface area contributed by atoms with Gasteiger partial charge in [-0.25, -0.2) is 0 Å². The lowest BCUT2D eigenvalue weighted by molar-refractivity contribution is -0.137. The second-order valence-corrected chi connectivity index (χ2v) is 5.27. The second-order valence-electron chi connectivity index (χ2n) is 5.27. The summed E-state index contributed by atoms with van der Waals surface area (Å²) >= 11 is 0. The van der Waals surface area contributed by atoms with Crippen LogP contribution in [0, 0.1) is 0 Å². The summed E-state index contributed by atoms with van der Waals surface area (Å²) in [6.07, 6.45) is -4.44. The van der Waals surface area contributed by atoms with Crippen molar-refractivity contribution in [1.82, 2.24) is 4.90 Å². The smallest absolute Gasteiger partial charge is 0.387 e. The maximum Gasteiger partial charge on any atom is 0.416 e. The fourth-order valence-corrected chi connectivity index (χ4v) is 2.56. The zero-order chi connectivity index (χ0) is 15.5. The van der Waals surface area contributed by atoms with E-state index < -0.39 is 17.8 Å². The van der Waals surface area contributed by atoms with E-state index in [-0.39, 0.29) is 6.04 Å². The van der Waals surface area contributed by atoms with Gasteiger partial charge in [0.15, 0.2) is 0 Å². The number of hydrogen-bond donors (Lipinski definition) is 1. The summed E-state index contributed by atoms with van der Waals surface area (Å²) in [7, 11) is 0. The van der Waals surface area contributed by atoms with E-state index in [1.165, 1.54) is 12.1 Å². The van der Waals surface area contributed by atoms with Crippen LogP contribution in [-0.4, -0.2) is 42.4 Å². The SMILES string of the molecule is CCC1COCCN1CC(O)c1cccc(C(F)(F)F)c1. The predicted molar refractivity (Wildman–Crippen MR) is 72.9 cm³/mol. The lowest BCUT2D eigenvalue weighted by Crippen LogP contribution is -2.46. The standard InChI is InChI=1S/C15H20F3NO2/c1-2-13-10-21-7-6-19(13)9-14(20)11-4-3-5-12(8-11)15(16,17)18/h3-5,8,13-14,20H,2,6-7,9-10H2,1H3. The molecule has 1 aliphatic heterocycles. The van der Waals surface area contributed by atoms with Crippen LogP contribution in [0.15, 0.2) is 24.3 Å². The van der Waals surface area contributed by atoms with E-state index in [0.717, 1.165) is 18.6 Å². The van der Waals surface area contributed by atoms with Crippen molar-refractivity contribution in [2.45, 2.75) is 31.7 Å². The zero-order valence-electron chi connectivity index (χ0n) is 11.9. The molecule has 2 atom stereocenters. The molecule has 6 heteroatoms. The number of benzene rings is 1. The normalized spacial score (nSPS) is 22.2. The average Bonchev–Trinajstić information content (AvgIpc) is 2.47. The highest BCUT2D eigenvalue weighted by Crippen LogP contribution is 2.31. The van der Waals surface area contributed by atoms with Crippen LogP contribution in [-0.2, 0) is 10.9 Å². The number of β-amino-alcohol motifs (C(OH)–C–C–N with tert-alkyl or cyclic N) is 1. The number of hydrogen-bond acceptors (Lipinski definition) is 3. The van der Waals surface area contributed by atoms with Crippen LogP contribution in [0.2, 0.25) is 0 Å². The summed E-state index contributed by atoms with van der Waals surface area (Å²) in [5, 5.41) is 10.2. The highest BCUT2D eigenvalue weighted by atomic mass is 19.4. The molecule has 0 spiro atoms. The van der Waals surface area contributed by atoms with Crippen LogP contribution < -0.4 is 0 Å². The van der Waals surface area contributed by atoms with Gasteiger partial charge in [-0.3, -0.25) is 4.90 Å². The molecule has 0 radical (unpaired) electrons. The van der Waals surface area contributed by atoms with Crippen LogP contribution in [0.5, 0.6) is 0 Å². The van der Waals surface area contributed by atoms with Crippen LogP contribution >= 0.6 is 0 Å². The van der Waals surface area contributed by atoms with E-state index in [1.807, 2.05) is 6.92 Å². The summed E-state index contributed by atoms with van der Waals surface area (Å²) in [5.74, 6) is 0. The van der Waals surface area contributed by atoms with Crippen molar-refractivity contribution in [2.24, 2.45) is 0 Å². The van der Waals surface area contributed by atoms with E-state index >= 15 is 0 Å². The van der Waals surface area contributed by atoms with Gasteiger partial charge in [0.2, 0.25) is 0 Å². The number of ether oxygens (including phenoxy) is 1. The second kappa shape index (κ2) is 6.77. The molecule has 1 aromatic rings. The Hall–Kier alpha value is -1.11. The van der Waals surface area contributed by atoms with Gasteiger partial charge in [0.25, 0.3) is 0 Å². The predicted octanol–water partition coefficient (Wildman–Crippen LogP) is 2.85. The Balaban J connectivity index is 2.07. The first-order chi connectivity index (χ1) is 9.91. The van der Waals surface area contributed by atoms with Crippen LogP contribution in [0.4, 0.5) is 13.2 Å². The van der Waals surface area contributed by atoms with Gasteiger partial charge in [-0.15, -0.1) is 0 Å². The molecule has 1 N–H and O–H groups in total. The third-order valence-electron chi connectivity index (χ3n) is 3.83. The summed E-state index contributed by atoms with van der Waals surface area (Å²) in [6.45, 7) is 4.23. The van der Waals surface area contributed by atoms with Crippen LogP contribution in [0.25, 0.3) is 0 Å². The van der Waals surface area contributed by atoms with Gasteiger partial charge in [0, 0.05) is 19.1 Å². The van der Waals surface area contributed by atoms with E-state index in [0.29, 0.717) is 31.9 Å². The zero-order valence-corrected chi connectivity index (χ0v) is 11.9. The van der Waals surface area contributed by atoms with E-state index in [1.54, 1.807) is 0 Å². The van der Waals surface area contributed by atoms with Crippen molar-refractivity contribution in [1.29, 1.82) is 0 Å². The van der Waals surface area contributed by atoms with Crippen molar-refractivity contribution in [3.63, 3.8) is 0 Å². The Morgan fingerprint density at radius 2 is 2.19 bits per heavy atom. The maximum absolute atomic E-state index is 12.7. The number of alkyl halides is 3. The van der Waals surface area contributed by atoms with Crippen molar-refractivity contribution in [3.05, 3.63) is 35.4 Å². The molecule has 1 heterocycles.